The lowest BCUT2D eigenvalue weighted by Crippen LogP contribution is -2.26. The maximum Gasteiger partial charge on any atom is 0.0386 e. The topological polar surface area (TPSA) is 15.3 Å². The summed E-state index contributed by atoms with van der Waals surface area (Å²) in [5.74, 6) is 0. The zero-order valence-electron chi connectivity index (χ0n) is 11.0. The Morgan fingerprint density at radius 1 is 1.35 bits per heavy atom. The molecule has 3 heteroatoms. The monoisotopic (exact) mass is 252 g/mol. The first-order valence-corrected chi connectivity index (χ1v) is 7.59. The molecule has 2 nitrogen and oxygen atoms in total. The van der Waals surface area contributed by atoms with E-state index in [0.29, 0.717) is 6.04 Å². The predicted molar refractivity (Wildman–Crippen MR) is 75.8 cm³/mol. The number of hydrogen-bond donors (Lipinski definition) is 1. The first-order chi connectivity index (χ1) is 8.25. The van der Waals surface area contributed by atoms with Crippen molar-refractivity contribution in [3.63, 3.8) is 0 Å². The number of nitrogens with one attached hydrogen (secondary N) is 1. The molecule has 0 radical (unpaired) electrons. The van der Waals surface area contributed by atoms with Crippen LogP contribution < -0.4 is 5.32 Å². The summed E-state index contributed by atoms with van der Waals surface area (Å²) < 4.78 is 0. The predicted octanol–water partition coefficient (Wildman–Crippen LogP) is 3.19. The van der Waals surface area contributed by atoms with E-state index in [2.05, 4.69) is 36.2 Å². The molecule has 1 aromatic rings. The Bertz CT molecular complexity index is 329. The van der Waals surface area contributed by atoms with Crippen molar-refractivity contribution in [2.75, 3.05) is 26.2 Å². The lowest BCUT2D eigenvalue weighted by molar-refractivity contribution is 0.328. The van der Waals surface area contributed by atoms with Gasteiger partial charge >= 0.3 is 0 Å². The van der Waals surface area contributed by atoms with Crippen molar-refractivity contribution < 1.29 is 0 Å². The third kappa shape index (κ3) is 4.09. The van der Waals surface area contributed by atoms with Crippen molar-refractivity contribution in [2.45, 2.75) is 39.2 Å². The van der Waals surface area contributed by atoms with E-state index in [1.54, 1.807) is 0 Å². The molecular weight excluding hydrogens is 228 g/mol. The number of nitrogens with zero attached hydrogens (tertiary/aromatic N) is 1. The maximum atomic E-state index is 3.62. The van der Waals surface area contributed by atoms with E-state index in [9.17, 15) is 0 Å². The number of thiophene rings is 1. The average molecular weight is 252 g/mol. The minimum Gasteiger partial charge on any atom is -0.309 e. The van der Waals surface area contributed by atoms with Crippen LogP contribution in [-0.2, 0) is 0 Å². The molecule has 1 aliphatic heterocycles. The van der Waals surface area contributed by atoms with Gasteiger partial charge in [0, 0.05) is 15.8 Å². The van der Waals surface area contributed by atoms with Crippen LogP contribution >= 0.6 is 11.3 Å². The van der Waals surface area contributed by atoms with Crippen LogP contribution in [0.15, 0.2) is 12.1 Å². The van der Waals surface area contributed by atoms with Gasteiger partial charge in [0.15, 0.2) is 0 Å². The number of likely N-dealkylation sites (tertiary alicyclic amines) is 1. The Morgan fingerprint density at radius 2 is 2.12 bits per heavy atom. The van der Waals surface area contributed by atoms with Gasteiger partial charge in [-0.05, 0) is 71.4 Å². The smallest absolute Gasteiger partial charge is 0.0386 e. The second-order valence-electron chi connectivity index (χ2n) is 5.03. The van der Waals surface area contributed by atoms with E-state index in [1.807, 2.05) is 11.3 Å². The fourth-order valence-corrected chi connectivity index (χ4v) is 3.32. The van der Waals surface area contributed by atoms with E-state index in [0.717, 1.165) is 6.54 Å². The highest BCUT2D eigenvalue weighted by Crippen LogP contribution is 2.22. The van der Waals surface area contributed by atoms with Crippen molar-refractivity contribution in [3.05, 3.63) is 21.9 Å². The SMILES string of the molecule is Cc1ccc(C(C)NCCCN2CCCC2)s1. The van der Waals surface area contributed by atoms with Crippen LogP contribution in [0.4, 0.5) is 0 Å². The van der Waals surface area contributed by atoms with E-state index in [4.69, 9.17) is 0 Å². The van der Waals surface area contributed by atoms with Crippen molar-refractivity contribution in [1.82, 2.24) is 10.2 Å². The van der Waals surface area contributed by atoms with E-state index in [-0.39, 0.29) is 0 Å². The van der Waals surface area contributed by atoms with Gasteiger partial charge in [0.2, 0.25) is 0 Å². The molecule has 1 aromatic heterocycles. The second kappa shape index (κ2) is 6.53. The Morgan fingerprint density at radius 3 is 2.76 bits per heavy atom. The molecule has 1 aliphatic rings. The van der Waals surface area contributed by atoms with Crippen molar-refractivity contribution in [1.29, 1.82) is 0 Å². The Balaban J connectivity index is 1.61. The molecule has 0 amide bonds. The van der Waals surface area contributed by atoms with Crippen molar-refractivity contribution >= 4 is 11.3 Å². The van der Waals surface area contributed by atoms with E-state index in [1.165, 1.54) is 48.7 Å². The maximum absolute atomic E-state index is 3.62. The Hall–Kier alpha value is -0.380. The standard InChI is InChI=1S/C14H24N2S/c1-12-6-7-14(17-12)13(2)15-8-5-11-16-9-3-4-10-16/h6-7,13,15H,3-5,8-11H2,1-2H3. The molecular formula is C14H24N2S. The van der Waals surface area contributed by atoms with Crippen LogP contribution in [0.1, 0.15) is 42.0 Å². The van der Waals surface area contributed by atoms with Crippen LogP contribution in [0.2, 0.25) is 0 Å². The number of aryl methyl sites for hydroxylation is 1. The van der Waals surface area contributed by atoms with Gasteiger partial charge in [-0.15, -0.1) is 11.3 Å². The molecule has 0 spiro atoms. The Labute approximate surface area is 109 Å². The third-order valence-electron chi connectivity index (χ3n) is 3.49. The molecule has 1 unspecified atom stereocenters. The minimum atomic E-state index is 0.507. The summed E-state index contributed by atoms with van der Waals surface area (Å²) in [5, 5.41) is 3.62. The fourth-order valence-electron chi connectivity index (χ4n) is 2.41. The first kappa shape index (κ1) is 13.1. The second-order valence-corrected chi connectivity index (χ2v) is 6.35. The number of hydrogen-bond acceptors (Lipinski definition) is 3. The summed E-state index contributed by atoms with van der Waals surface area (Å²) in [5.41, 5.74) is 0. The lowest BCUT2D eigenvalue weighted by Gasteiger charge is -2.16. The molecule has 2 rings (SSSR count). The molecule has 2 heterocycles. The van der Waals surface area contributed by atoms with Gasteiger partial charge in [0.05, 0.1) is 0 Å². The molecule has 1 saturated heterocycles. The van der Waals surface area contributed by atoms with Crippen molar-refractivity contribution in [2.24, 2.45) is 0 Å². The highest BCUT2D eigenvalue weighted by molar-refractivity contribution is 7.12. The number of rotatable bonds is 6. The van der Waals surface area contributed by atoms with Crippen LogP contribution in [0.3, 0.4) is 0 Å². The zero-order valence-corrected chi connectivity index (χ0v) is 11.9. The fraction of sp³-hybridized carbons (Fsp3) is 0.714. The van der Waals surface area contributed by atoms with Gasteiger partial charge in [-0.3, -0.25) is 0 Å². The quantitative estimate of drug-likeness (QED) is 0.782. The van der Waals surface area contributed by atoms with Crippen LogP contribution in [0, 0.1) is 6.92 Å². The summed E-state index contributed by atoms with van der Waals surface area (Å²) in [6, 6.07) is 4.97. The van der Waals surface area contributed by atoms with Gasteiger partial charge in [-0.25, -0.2) is 0 Å². The molecule has 1 atom stereocenters. The van der Waals surface area contributed by atoms with Crippen molar-refractivity contribution in [3.8, 4) is 0 Å². The summed E-state index contributed by atoms with van der Waals surface area (Å²) in [7, 11) is 0. The molecule has 0 aliphatic carbocycles. The molecule has 17 heavy (non-hydrogen) atoms. The summed E-state index contributed by atoms with van der Waals surface area (Å²) in [4.78, 5) is 5.45. The molecule has 1 N–H and O–H groups in total. The normalized spacial score (nSPS) is 18.7. The van der Waals surface area contributed by atoms with E-state index < -0.39 is 0 Å². The van der Waals surface area contributed by atoms with Crippen LogP contribution in [0.25, 0.3) is 0 Å². The first-order valence-electron chi connectivity index (χ1n) is 6.78. The molecule has 0 bridgehead atoms. The summed E-state index contributed by atoms with van der Waals surface area (Å²) in [6.07, 6.45) is 4.07. The average Bonchev–Trinajstić information content (AvgIpc) is 2.95. The largest absolute Gasteiger partial charge is 0.309 e. The van der Waals surface area contributed by atoms with Gasteiger partial charge in [0.1, 0.15) is 0 Å². The van der Waals surface area contributed by atoms with Gasteiger partial charge in [0.25, 0.3) is 0 Å². The van der Waals surface area contributed by atoms with Crippen LogP contribution in [0.5, 0.6) is 0 Å². The van der Waals surface area contributed by atoms with E-state index >= 15 is 0 Å². The lowest BCUT2D eigenvalue weighted by atomic mass is 10.2. The van der Waals surface area contributed by atoms with Crippen LogP contribution in [-0.4, -0.2) is 31.1 Å². The highest BCUT2D eigenvalue weighted by Gasteiger charge is 2.11. The van der Waals surface area contributed by atoms with Gasteiger partial charge in [-0.2, -0.15) is 0 Å². The van der Waals surface area contributed by atoms with Gasteiger partial charge < -0.3 is 10.2 Å². The zero-order chi connectivity index (χ0) is 12.1. The molecule has 96 valence electrons. The summed E-state index contributed by atoms with van der Waals surface area (Å²) in [6.45, 7) is 9.48. The minimum absolute atomic E-state index is 0.507. The molecule has 0 aromatic carbocycles. The summed E-state index contributed by atoms with van der Waals surface area (Å²) >= 11 is 1.91. The molecule has 1 fully saturated rings. The highest BCUT2D eigenvalue weighted by atomic mass is 32.1. The Kier molecular flexibility index (Phi) is 5.01. The van der Waals surface area contributed by atoms with Gasteiger partial charge in [-0.1, -0.05) is 0 Å². The third-order valence-corrected chi connectivity index (χ3v) is 4.67. The molecule has 0 saturated carbocycles.